The van der Waals surface area contributed by atoms with Crippen LogP contribution in [0.25, 0.3) is 0 Å². The zero-order valence-corrected chi connectivity index (χ0v) is 11.0. The highest BCUT2D eigenvalue weighted by Gasteiger charge is 2.50. The van der Waals surface area contributed by atoms with Gasteiger partial charge in [0.05, 0.1) is 23.6 Å². The number of hydrogen-bond donors (Lipinski definition) is 1. The van der Waals surface area contributed by atoms with Crippen molar-refractivity contribution >= 4 is 11.5 Å². The Morgan fingerprint density at radius 2 is 1.58 bits per heavy atom. The Morgan fingerprint density at radius 3 is 2.16 bits per heavy atom. The molecule has 2 N–H and O–H groups in total. The summed E-state index contributed by atoms with van der Waals surface area (Å²) in [5.74, 6) is 3.38. The van der Waals surface area contributed by atoms with Gasteiger partial charge in [-0.1, -0.05) is 0 Å². The summed E-state index contributed by atoms with van der Waals surface area (Å²) in [5.41, 5.74) is 6.96. The SMILES string of the molecule is Nc1cnncc1C(=O)C1C2CC3CC(C2)CC1C3. The number of carbonyl (C=O) groups excluding carboxylic acids is 1. The predicted molar refractivity (Wildman–Crippen MR) is 71.3 cm³/mol. The summed E-state index contributed by atoms with van der Waals surface area (Å²) in [6, 6.07) is 0. The molecule has 4 nitrogen and oxygen atoms in total. The maximum absolute atomic E-state index is 12.8. The van der Waals surface area contributed by atoms with Gasteiger partial charge in [-0.25, -0.2) is 0 Å². The maximum atomic E-state index is 12.8. The zero-order valence-electron chi connectivity index (χ0n) is 11.0. The third-order valence-electron chi connectivity index (χ3n) is 5.56. The molecular formula is C15H19N3O. The van der Waals surface area contributed by atoms with Crippen molar-refractivity contribution in [1.29, 1.82) is 0 Å². The average molecular weight is 257 g/mol. The van der Waals surface area contributed by atoms with Gasteiger partial charge >= 0.3 is 0 Å². The number of nitrogens with two attached hydrogens (primary N) is 1. The Bertz CT molecular complexity index is 500. The van der Waals surface area contributed by atoms with Gasteiger partial charge in [0.2, 0.25) is 0 Å². The highest BCUT2D eigenvalue weighted by atomic mass is 16.1. The van der Waals surface area contributed by atoms with Crippen molar-refractivity contribution in [2.45, 2.75) is 32.1 Å². The molecule has 4 saturated carbocycles. The van der Waals surface area contributed by atoms with E-state index in [1.54, 1.807) is 6.20 Å². The molecule has 1 aromatic heterocycles. The number of nitrogen functional groups attached to an aromatic ring is 1. The van der Waals surface area contributed by atoms with Gasteiger partial charge in [0.25, 0.3) is 0 Å². The molecule has 1 heterocycles. The lowest BCUT2D eigenvalue weighted by atomic mass is 9.51. The van der Waals surface area contributed by atoms with E-state index in [9.17, 15) is 4.79 Å². The summed E-state index contributed by atoms with van der Waals surface area (Å²) in [5, 5.41) is 7.56. The normalized spacial score (nSPS) is 39.5. The van der Waals surface area contributed by atoms with Crippen LogP contribution in [0.5, 0.6) is 0 Å². The standard InChI is InChI=1S/C15H19N3O/c16-13-7-18-17-6-12(13)15(19)14-10-2-8-1-9(4-10)5-11(14)3-8/h6-11,14H,1-5H2,(H2,16,17). The van der Waals surface area contributed by atoms with Crippen LogP contribution >= 0.6 is 0 Å². The number of rotatable bonds is 2. The first kappa shape index (κ1) is 11.4. The molecule has 0 aliphatic heterocycles. The lowest BCUT2D eigenvalue weighted by molar-refractivity contribution is -0.0251. The Hall–Kier alpha value is -1.45. The van der Waals surface area contributed by atoms with Crippen molar-refractivity contribution in [2.24, 2.45) is 29.6 Å². The van der Waals surface area contributed by atoms with Crippen molar-refractivity contribution in [3.8, 4) is 0 Å². The van der Waals surface area contributed by atoms with Crippen molar-refractivity contribution in [2.75, 3.05) is 5.73 Å². The van der Waals surface area contributed by atoms with Gasteiger partial charge in [-0.2, -0.15) is 10.2 Å². The molecule has 100 valence electrons. The predicted octanol–water partition coefficient (Wildman–Crippen LogP) is 2.31. The minimum atomic E-state index is 0.194. The number of ketones is 1. The lowest BCUT2D eigenvalue weighted by Crippen LogP contribution is -2.48. The third-order valence-corrected chi connectivity index (χ3v) is 5.56. The monoisotopic (exact) mass is 257 g/mol. The third kappa shape index (κ3) is 1.69. The number of Topliss-reactive ketones (excluding diaryl/α,β-unsaturated/α-hetero) is 1. The van der Waals surface area contributed by atoms with Gasteiger partial charge < -0.3 is 5.73 Å². The fraction of sp³-hybridized carbons (Fsp3) is 0.667. The summed E-state index contributed by atoms with van der Waals surface area (Å²) in [6.07, 6.45) is 9.45. The van der Waals surface area contributed by atoms with E-state index >= 15 is 0 Å². The molecule has 0 radical (unpaired) electrons. The Kier molecular flexibility index (Phi) is 2.41. The van der Waals surface area contributed by atoms with Gasteiger partial charge in [-0.3, -0.25) is 4.79 Å². The van der Waals surface area contributed by atoms with Crippen molar-refractivity contribution in [3.63, 3.8) is 0 Å². The first-order valence-electron chi connectivity index (χ1n) is 7.32. The second-order valence-electron chi connectivity index (χ2n) is 6.68. The van der Waals surface area contributed by atoms with E-state index in [-0.39, 0.29) is 11.7 Å². The van der Waals surface area contributed by atoms with E-state index < -0.39 is 0 Å². The van der Waals surface area contributed by atoms with Gasteiger partial charge in [0, 0.05) is 5.92 Å². The van der Waals surface area contributed by atoms with Crippen molar-refractivity contribution < 1.29 is 4.79 Å². The van der Waals surface area contributed by atoms with Crippen molar-refractivity contribution in [3.05, 3.63) is 18.0 Å². The van der Waals surface area contributed by atoms with Crippen LogP contribution in [0.2, 0.25) is 0 Å². The average Bonchev–Trinajstić information content (AvgIpc) is 2.37. The molecule has 4 aliphatic rings. The number of carbonyl (C=O) groups is 1. The smallest absolute Gasteiger partial charge is 0.170 e. The molecule has 4 heteroatoms. The number of hydrogen-bond acceptors (Lipinski definition) is 4. The minimum Gasteiger partial charge on any atom is -0.397 e. The van der Waals surface area contributed by atoms with Crippen LogP contribution in [0.4, 0.5) is 5.69 Å². The van der Waals surface area contributed by atoms with Gasteiger partial charge in [-0.05, 0) is 55.8 Å². The molecule has 4 fully saturated rings. The second kappa shape index (κ2) is 4.02. The molecule has 0 atom stereocenters. The van der Waals surface area contributed by atoms with Gasteiger partial charge in [-0.15, -0.1) is 0 Å². The number of nitrogens with zero attached hydrogens (tertiary/aromatic N) is 2. The summed E-state index contributed by atoms with van der Waals surface area (Å²) in [6.45, 7) is 0. The second-order valence-corrected chi connectivity index (χ2v) is 6.68. The molecule has 4 aliphatic carbocycles. The molecule has 0 saturated heterocycles. The molecule has 0 spiro atoms. The summed E-state index contributed by atoms with van der Waals surface area (Å²) in [7, 11) is 0. The van der Waals surface area contributed by atoms with Crippen molar-refractivity contribution in [1.82, 2.24) is 10.2 Å². The van der Waals surface area contributed by atoms with E-state index in [1.807, 2.05) is 0 Å². The molecule has 1 aromatic rings. The van der Waals surface area contributed by atoms with Crippen LogP contribution in [0.3, 0.4) is 0 Å². The van der Waals surface area contributed by atoms with Gasteiger partial charge in [0.15, 0.2) is 5.78 Å². The maximum Gasteiger partial charge on any atom is 0.170 e. The molecule has 5 rings (SSSR count). The molecule has 19 heavy (non-hydrogen) atoms. The Balaban J connectivity index is 1.66. The van der Waals surface area contributed by atoms with E-state index in [4.69, 9.17) is 5.73 Å². The first-order valence-corrected chi connectivity index (χ1v) is 7.32. The lowest BCUT2D eigenvalue weighted by Gasteiger charge is -2.53. The first-order chi connectivity index (χ1) is 9.22. The van der Waals surface area contributed by atoms with Crippen LogP contribution < -0.4 is 5.73 Å². The Morgan fingerprint density at radius 1 is 1.00 bits per heavy atom. The molecule has 0 aromatic carbocycles. The van der Waals surface area contributed by atoms with Crippen LogP contribution in [0, 0.1) is 29.6 Å². The van der Waals surface area contributed by atoms with Crippen LogP contribution in [-0.2, 0) is 0 Å². The largest absolute Gasteiger partial charge is 0.397 e. The quantitative estimate of drug-likeness (QED) is 0.825. The summed E-state index contributed by atoms with van der Waals surface area (Å²) < 4.78 is 0. The zero-order chi connectivity index (χ0) is 13.0. The number of anilines is 1. The van der Waals surface area contributed by atoms with E-state index in [1.165, 1.54) is 38.3 Å². The highest BCUT2D eigenvalue weighted by Crippen LogP contribution is 2.57. The minimum absolute atomic E-state index is 0.194. The van der Waals surface area contributed by atoms with Gasteiger partial charge in [0.1, 0.15) is 0 Å². The Labute approximate surface area is 112 Å². The van der Waals surface area contributed by atoms with Crippen LogP contribution in [-0.4, -0.2) is 16.0 Å². The summed E-state index contributed by atoms with van der Waals surface area (Å²) in [4.78, 5) is 12.8. The molecule has 0 unspecified atom stereocenters. The number of aromatic nitrogens is 2. The summed E-state index contributed by atoms with van der Waals surface area (Å²) >= 11 is 0. The van der Waals surface area contributed by atoms with E-state index in [2.05, 4.69) is 10.2 Å². The van der Waals surface area contributed by atoms with Crippen LogP contribution in [0.15, 0.2) is 12.4 Å². The fourth-order valence-corrected chi connectivity index (χ4v) is 5.07. The topological polar surface area (TPSA) is 68.9 Å². The molecule has 0 amide bonds. The van der Waals surface area contributed by atoms with Crippen LogP contribution in [0.1, 0.15) is 42.5 Å². The molecule has 4 bridgehead atoms. The molecular weight excluding hydrogens is 238 g/mol. The van der Waals surface area contributed by atoms with E-state index in [0.717, 1.165) is 11.8 Å². The fourth-order valence-electron chi connectivity index (χ4n) is 5.07. The van der Waals surface area contributed by atoms with E-state index in [0.29, 0.717) is 23.1 Å². The highest BCUT2D eigenvalue weighted by molar-refractivity contribution is 6.02.